The van der Waals surface area contributed by atoms with Crippen LogP contribution in [0.1, 0.15) is 11.1 Å². The number of benzene rings is 2. The zero-order chi connectivity index (χ0) is 16.7. The van der Waals surface area contributed by atoms with Gasteiger partial charge in [0.1, 0.15) is 12.4 Å². The van der Waals surface area contributed by atoms with Crippen LogP contribution < -0.4 is 9.47 Å². The molecular weight excluding hydrogens is 299 g/mol. The highest BCUT2D eigenvalue weighted by Gasteiger charge is 2.05. The fourth-order valence-corrected chi connectivity index (χ4v) is 1.88. The average molecular weight is 316 g/mol. The third kappa shape index (κ3) is 4.85. The van der Waals surface area contributed by atoms with Gasteiger partial charge in [0.25, 0.3) is 0 Å². The second kappa shape index (κ2) is 7.98. The quantitative estimate of drug-likeness (QED) is 0.603. The van der Waals surface area contributed by atoms with Crippen molar-refractivity contribution < 1.29 is 23.4 Å². The number of rotatable bonds is 6. The summed E-state index contributed by atoms with van der Waals surface area (Å²) in [4.78, 5) is 11.7. The highest BCUT2D eigenvalue weighted by Crippen LogP contribution is 2.18. The van der Waals surface area contributed by atoms with Crippen molar-refractivity contribution in [3.05, 3.63) is 65.5 Å². The van der Waals surface area contributed by atoms with Gasteiger partial charge in [0.15, 0.2) is 11.6 Å². The lowest BCUT2D eigenvalue weighted by Gasteiger charge is -2.05. The predicted octanol–water partition coefficient (Wildman–Crippen LogP) is 3.60. The molecule has 0 fully saturated rings. The molecule has 0 aliphatic carbocycles. The van der Waals surface area contributed by atoms with Crippen LogP contribution in [0.4, 0.5) is 4.39 Å². The highest BCUT2D eigenvalue weighted by atomic mass is 19.1. The summed E-state index contributed by atoms with van der Waals surface area (Å²) in [6, 6.07) is 11.6. The second-order valence-corrected chi connectivity index (χ2v) is 4.68. The molecule has 0 aliphatic heterocycles. The number of halogens is 1. The normalized spacial score (nSPS) is 10.6. The van der Waals surface area contributed by atoms with E-state index < -0.39 is 11.8 Å². The molecule has 120 valence electrons. The molecule has 0 radical (unpaired) electrons. The first-order chi connectivity index (χ1) is 11.1. The lowest BCUT2D eigenvalue weighted by molar-refractivity contribution is -0.138. The third-order valence-electron chi connectivity index (χ3n) is 3.12. The lowest BCUT2D eigenvalue weighted by Crippen LogP contribution is -2.01. The Labute approximate surface area is 134 Å². The maximum Gasteiger partial charge on any atom is 0.331 e. The molecule has 0 N–H and O–H groups in total. The summed E-state index contributed by atoms with van der Waals surface area (Å²) in [5.41, 5.74) is 1.40. The Morgan fingerprint density at radius 2 is 1.83 bits per heavy atom. The van der Waals surface area contributed by atoms with Crippen LogP contribution in [0.25, 0.3) is 6.08 Å². The van der Waals surface area contributed by atoms with Gasteiger partial charge in [-0.3, -0.25) is 0 Å². The zero-order valence-corrected chi connectivity index (χ0v) is 12.9. The van der Waals surface area contributed by atoms with Crippen molar-refractivity contribution in [3.63, 3.8) is 0 Å². The van der Waals surface area contributed by atoms with Crippen LogP contribution in [0.5, 0.6) is 11.5 Å². The maximum atomic E-state index is 13.5. The van der Waals surface area contributed by atoms with Crippen molar-refractivity contribution in [1.82, 2.24) is 0 Å². The average Bonchev–Trinajstić information content (AvgIpc) is 2.58. The largest absolute Gasteiger partial charge is 0.497 e. The Hall–Kier alpha value is -2.82. The van der Waals surface area contributed by atoms with E-state index in [1.165, 1.54) is 25.3 Å². The number of hydrogen-bond acceptors (Lipinski definition) is 4. The van der Waals surface area contributed by atoms with Gasteiger partial charge in [-0.05, 0) is 41.5 Å². The summed E-state index contributed by atoms with van der Waals surface area (Å²) in [7, 11) is 2.98. The van der Waals surface area contributed by atoms with E-state index in [0.29, 0.717) is 5.56 Å². The molecule has 5 heteroatoms. The molecule has 0 saturated heterocycles. The van der Waals surface area contributed by atoms with Crippen LogP contribution >= 0.6 is 0 Å². The number of esters is 1. The molecule has 0 bridgehead atoms. The topological polar surface area (TPSA) is 44.8 Å². The van der Waals surface area contributed by atoms with Gasteiger partial charge in [-0.25, -0.2) is 9.18 Å². The van der Waals surface area contributed by atoms with Gasteiger partial charge >= 0.3 is 5.97 Å². The van der Waals surface area contributed by atoms with Crippen molar-refractivity contribution in [2.75, 3.05) is 14.2 Å². The summed E-state index contributed by atoms with van der Waals surface area (Å²) in [6.45, 7) is -0.00724. The number of carbonyl (C=O) groups is 1. The Morgan fingerprint density at radius 3 is 2.43 bits per heavy atom. The molecule has 2 aromatic rings. The smallest absolute Gasteiger partial charge is 0.331 e. The minimum atomic E-state index is -0.503. The van der Waals surface area contributed by atoms with Crippen molar-refractivity contribution in [2.45, 2.75) is 6.61 Å². The number of methoxy groups -OCH3 is 2. The third-order valence-corrected chi connectivity index (χ3v) is 3.12. The predicted molar refractivity (Wildman–Crippen MR) is 84.8 cm³/mol. The van der Waals surface area contributed by atoms with Gasteiger partial charge in [-0.2, -0.15) is 0 Å². The van der Waals surface area contributed by atoms with Gasteiger partial charge in [0.05, 0.1) is 14.2 Å². The van der Waals surface area contributed by atoms with Crippen LogP contribution in [0.3, 0.4) is 0 Å². The van der Waals surface area contributed by atoms with Crippen LogP contribution in [-0.4, -0.2) is 20.2 Å². The minimum absolute atomic E-state index is 0.00724. The van der Waals surface area contributed by atoms with Crippen molar-refractivity contribution in [1.29, 1.82) is 0 Å². The minimum Gasteiger partial charge on any atom is -0.497 e. The van der Waals surface area contributed by atoms with E-state index in [9.17, 15) is 9.18 Å². The van der Waals surface area contributed by atoms with Crippen molar-refractivity contribution >= 4 is 12.0 Å². The van der Waals surface area contributed by atoms with Gasteiger partial charge in [0, 0.05) is 6.08 Å². The monoisotopic (exact) mass is 316 g/mol. The molecule has 0 amide bonds. The molecule has 4 nitrogen and oxygen atoms in total. The molecule has 0 saturated carbocycles. The fourth-order valence-electron chi connectivity index (χ4n) is 1.88. The maximum absolute atomic E-state index is 13.5. The van der Waals surface area contributed by atoms with E-state index in [1.54, 1.807) is 31.4 Å². The molecule has 0 spiro atoms. The summed E-state index contributed by atoms with van der Waals surface area (Å²) >= 11 is 0. The van der Waals surface area contributed by atoms with Crippen LogP contribution in [-0.2, 0) is 16.1 Å². The van der Waals surface area contributed by atoms with Crippen LogP contribution in [0, 0.1) is 5.82 Å². The van der Waals surface area contributed by atoms with E-state index in [0.717, 1.165) is 11.3 Å². The molecule has 0 atom stereocenters. The summed E-state index contributed by atoms with van der Waals surface area (Å²) in [5, 5.41) is 0. The fraction of sp³-hybridized carbons (Fsp3) is 0.167. The Balaban J connectivity index is 1.89. The standard InChI is InChI=1S/C18H17FO4/c1-21-15-7-3-13(4-8-15)6-10-18(20)23-12-14-5-9-17(22-2)16(19)11-14/h3-11H,12H2,1-2H3/b10-6+. The summed E-state index contributed by atoms with van der Waals surface area (Å²) in [5.74, 6) is -0.0994. The van der Waals surface area contributed by atoms with E-state index in [1.807, 2.05) is 12.1 Å². The number of ether oxygens (including phenoxy) is 3. The van der Waals surface area contributed by atoms with Gasteiger partial charge < -0.3 is 14.2 Å². The molecule has 23 heavy (non-hydrogen) atoms. The number of carbonyl (C=O) groups excluding carboxylic acids is 1. The van der Waals surface area contributed by atoms with E-state index in [-0.39, 0.29) is 12.4 Å². The molecule has 0 aliphatic rings. The Kier molecular flexibility index (Phi) is 5.74. The second-order valence-electron chi connectivity index (χ2n) is 4.68. The molecule has 0 aromatic heterocycles. The van der Waals surface area contributed by atoms with E-state index >= 15 is 0 Å². The Morgan fingerprint density at radius 1 is 1.09 bits per heavy atom. The van der Waals surface area contributed by atoms with Crippen molar-refractivity contribution in [2.24, 2.45) is 0 Å². The summed E-state index contributed by atoms with van der Waals surface area (Å²) in [6.07, 6.45) is 2.96. The lowest BCUT2D eigenvalue weighted by atomic mass is 10.2. The highest BCUT2D eigenvalue weighted by molar-refractivity contribution is 5.87. The zero-order valence-electron chi connectivity index (χ0n) is 12.9. The first kappa shape index (κ1) is 16.5. The number of hydrogen-bond donors (Lipinski definition) is 0. The van der Waals surface area contributed by atoms with E-state index in [4.69, 9.17) is 14.2 Å². The molecule has 2 rings (SSSR count). The molecule has 2 aromatic carbocycles. The first-order valence-corrected chi connectivity index (χ1v) is 6.93. The van der Waals surface area contributed by atoms with Gasteiger partial charge in [-0.15, -0.1) is 0 Å². The molecular formula is C18H17FO4. The molecule has 0 unspecified atom stereocenters. The van der Waals surface area contributed by atoms with Crippen LogP contribution in [0.15, 0.2) is 48.5 Å². The molecule has 0 heterocycles. The first-order valence-electron chi connectivity index (χ1n) is 6.93. The van der Waals surface area contributed by atoms with Gasteiger partial charge in [0.2, 0.25) is 0 Å². The van der Waals surface area contributed by atoms with Gasteiger partial charge in [-0.1, -0.05) is 18.2 Å². The Bertz CT molecular complexity index is 693. The van der Waals surface area contributed by atoms with E-state index in [2.05, 4.69) is 0 Å². The van der Waals surface area contributed by atoms with Crippen molar-refractivity contribution in [3.8, 4) is 11.5 Å². The SMILES string of the molecule is COc1ccc(/C=C/C(=O)OCc2ccc(OC)c(F)c2)cc1. The van der Waals surface area contributed by atoms with Crippen LogP contribution in [0.2, 0.25) is 0 Å². The summed E-state index contributed by atoms with van der Waals surface area (Å²) < 4.78 is 28.5.